The summed E-state index contributed by atoms with van der Waals surface area (Å²) in [6.45, 7) is 9.30. The smallest absolute Gasteiger partial charge is 0.191 e. The monoisotopic (exact) mass is 570 g/mol. The fraction of sp³-hybridized carbons (Fsp3) is 0.731. The third-order valence-electron chi connectivity index (χ3n) is 7.60. The first kappa shape index (κ1) is 26.5. The lowest BCUT2D eigenvalue weighted by molar-refractivity contribution is 0.150. The van der Waals surface area contributed by atoms with Gasteiger partial charge in [-0.1, -0.05) is 25.0 Å². The summed E-state index contributed by atoms with van der Waals surface area (Å²) >= 11 is 0. The normalized spacial score (nSPS) is 23.8. The Labute approximate surface area is 217 Å². The van der Waals surface area contributed by atoms with E-state index in [1.807, 2.05) is 6.07 Å². The minimum Gasteiger partial charge on any atom is -0.497 e. The van der Waals surface area contributed by atoms with Crippen LogP contribution in [-0.4, -0.2) is 69.9 Å². The molecule has 1 saturated carbocycles. The lowest BCUT2D eigenvalue weighted by Crippen LogP contribution is -2.49. The molecule has 0 spiro atoms. The van der Waals surface area contributed by atoms with Crippen molar-refractivity contribution in [3.05, 3.63) is 29.8 Å². The highest BCUT2D eigenvalue weighted by Crippen LogP contribution is 2.42. The standard InChI is InChI=1S/C26H42N4O2.HI/c1-3-27-25(29-23-9-14-30(15-10-23)18-21-11-16-32-19-21)28-20-26(12-4-5-13-26)22-7-6-8-24(17-22)31-2;/h6-8,17,21,23H,3-5,9-16,18-20H2,1-2H3,(H2,27,28,29);1H. The number of likely N-dealkylation sites (tertiary alicyclic amines) is 1. The highest BCUT2D eigenvalue weighted by atomic mass is 127. The molecule has 2 N–H and O–H groups in total. The number of piperidine rings is 1. The average Bonchev–Trinajstić information content (AvgIpc) is 3.52. The summed E-state index contributed by atoms with van der Waals surface area (Å²) in [5.41, 5.74) is 1.50. The number of rotatable bonds is 8. The number of halogens is 1. The van der Waals surface area contributed by atoms with Gasteiger partial charge in [0.1, 0.15) is 5.75 Å². The molecule has 2 saturated heterocycles. The Bertz CT molecular complexity index is 740. The zero-order chi connectivity index (χ0) is 22.2. The van der Waals surface area contributed by atoms with Crippen LogP contribution in [0.2, 0.25) is 0 Å². The summed E-state index contributed by atoms with van der Waals surface area (Å²) in [6, 6.07) is 9.13. The molecular formula is C26H43IN4O2. The van der Waals surface area contributed by atoms with Crippen LogP contribution in [0.5, 0.6) is 5.75 Å². The zero-order valence-electron chi connectivity index (χ0n) is 20.5. The van der Waals surface area contributed by atoms with Gasteiger partial charge in [0.25, 0.3) is 0 Å². The van der Waals surface area contributed by atoms with Gasteiger partial charge in [0.15, 0.2) is 5.96 Å². The Hall–Kier alpha value is -1.06. The van der Waals surface area contributed by atoms with Gasteiger partial charge < -0.3 is 25.0 Å². The highest BCUT2D eigenvalue weighted by molar-refractivity contribution is 14.0. The topological polar surface area (TPSA) is 58.1 Å². The first-order valence-electron chi connectivity index (χ1n) is 12.7. The molecule has 1 aliphatic carbocycles. The fourth-order valence-corrected chi connectivity index (χ4v) is 5.64. The van der Waals surface area contributed by atoms with Crippen LogP contribution in [0.25, 0.3) is 0 Å². The van der Waals surface area contributed by atoms with Crippen molar-refractivity contribution in [2.45, 2.75) is 63.3 Å². The molecule has 1 aromatic carbocycles. The Morgan fingerprint density at radius 3 is 2.67 bits per heavy atom. The minimum absolute atomic E-state index is 0. The third kappa shape index (κ3) is 7.21. The molecule has 33 heavy (non-hydrogen) atoms. The largest absolute Gasteiger partial charge is 0.497 e. The molecule has 2 heterocycles. The van der Waals surface area contributed by atoms with Crippen molar-refractivity contribution >= 4 is 29.9 Å². The maximum absolute atomic E-state index is 5.55. The number of guanidine groups is 1. The van der Waals surface area contributed by atoms with Gasteiger partial charge in [0.05, 0.1) is 20.3 Å². The van der Waals surface area contributed by atoms with E-state index in [0.717, 1.165) is 43.9 Å². The van der Waals surface area contributed by atoms with E-state index >= 15 is 0 Å². The van der Waals surface area contributed by atoms with Gasteiger partial charge >= 0.3 is 0 Å². The third-order valence-corrected chi connectivity index (χ3v) is 7.60. The van der Waals surface area contributed by atoms with E-state index in [1.165, 1.54) is 70.1 Å². The first-order valence-corrected chi connectivity index (χ1v) is 12.7. The molecule has 3 aliphatic rings. The lowest BCUT2D eigenvalue weighted by Gasteiger charge is -2.34. The molecule has 3 fully saturated rings. The second-order valence-corrected chi connectivity index (χ2v) is 9.86. The molecule has 1 atom stereocenters. The summed E-state index contributed by atoms with van der Waals surface area (Å²) in [5, 5.41) is 7.25. The van der Waals surface area contributed by atoms with E-state index < -0.39 is 0 Å². The number of hydrogen-bond donors (Lipinski definition) is 2. The Morgan fingerprint density at radius 1 is 1.21 bits per heavy atom. The molecule has 4 rings (SSSR count). The van der Waals surface area contributed by atoms with Gasteiger partial charge in [-0.3, -0.25) is 4.99 Å². The van der Waals surface area contributed by atoms with E-state index in [1.54, 1.807) is 7.11 Å². The predicted molar refractivity (Wildman–Crippen MR) is 146 cm³/mol. The molecule has 0 amide bonds. The number of hydrogen-bond acceptors (Lipinski definition) is 4. The number of nitrogens with zero attached hydrogens (tertiary/aromatic N) is 2. The summed E-state index contributed by atoms with van der Waals surface area (Å²) in [5.74, 6) is 2.65. The molecule has 2 aliphatic heterocycles. The lowest BCUT2D eigenvalue weighted by atomic mass is 9.79. The molecule has 1 aromatic rings. The number of aliphatic imine (C=N–C) groups is 1. The minimum atomic E-state index is 0. The quantitative estimate of drug-likeness (QED) is 0.279. The molecular weight excluding hydrogens is 527 g/mol. The van der Waals surface area contributed by atoms with Crippen LogP contribution in [0.4, 0.5) is 0 Å². The van der Waals surface area contributed by atoms with Crippen LogP contribution in [0, 0.1) is 5.92 Å². The van der Waals surface area contributed by atoms with Gasteiger partial charge in [-0.25, -0.2) is 0 Å². The molecule has 7 heteroatoms. The first-order chi connectivity index (χ1) is 15.7. The predicted octanol–water partition coefficient (Wildman–Crippen LogP) is 4.18. The molecule has 6 nitrogen and oxygen atoms in total. The summed E-state index contributed by atoms with van der Waals surface area (Å²) < 4.78 is 11.1. The molecule has 0 radical (unpaired) electrons. The van der Waals surface area contributed by atoms with Crippen molar-refractivity contribution in [3.63, 3.8) is 0 Å². The van der Waals surface area contributed by atoms with E-state index in [2.05, 4.69) is 40.7 Å². The van der Waals surface area contributed by atoms with Crippen molar-refractivity contribution in [1.82, 2.24) is 15.5 Å². The van der Waals surface area contributed by atoms with Crippen molar-refractivity contribution in [1.29, 1.82) is 0 Å². The number of methoxy groups -OCH3 is 1. The number of benzene rings is 1. The Kier molecular flexibility index (Phi) is 10.6. The van der Waals surface area contributed by atoms with Crippen LogP contribution in [0.3, 0.4) is 0 Å². The SMILES string of the molecule is CCNC(=NCC1(c2cccc(OC)c2)CCCC1)NC1CCN(CC2CCOC2)CC1.I. The second-order valence-electron chi connectivity index (χ2n) is 9.86. The number of ether oxygens (including phenoxy) is 2. The van der Waals surface area contributed by atoms with E-state index in [-0.39, 0.29) is 29.4 Å². The highest BCUT2D eigenvalue weighted by Gasteiger charge is 2.36. The van der Waals surface area contributed by atoms with Gasteiger partial charge in [0, 0.05) is 44.2 Å². The molecule has 1 unspecified atom stereocenters. The van der Waals surface area contributed by atoms with Crippen LogP contribution in [0.1, 0.15) is 57.4 Å². The number of nitrogens with one attached hydrogen (secondary N) is 2. The molecule has 0 bridgehead atoms. The van der Waals surface area contributed by atoms with Crippen molar-refractivity contribution in [2.75, 3.05) is 53.0 Å². The van der Waals surface area contributed by atoms with Crippen LogP contribution < -0.4 is 15.4 Å². The van der Waals surface area contributed by atoms with Crippen molar-refractivity contribution in [3.8, 4) is 5.75 Å². The maximum Gasteiger partial charge on any atom is 0.191 e. The van der Waals surface area contributed by atoms with Crippen molar-refractivity contribution < 1.29 is 9.47 Å². The summed E-state index contributed by atoms with van der Waals surface area (Å²) in [7, 11) is 1.75. The van der Waals surface area contributed by atoms with E-state index in [9.17, 15) is 0 Å². The maximum atomic E-state index is 5.55. The van der Waals surface area contributed by atoms with Gasteiger partial charge in [-0.2, -0.15) is 0 Å². The zero-order valence-corrected chi connectivity index (χ0v) is 22.8. The summed E-state index contributed by atoms with van der Waals surface area (Å²) in [6.07, 6.45) is 8.55. The van der Waals surface area contributed by atoms with E-state index in [4.69, 9.17) is 14.5 Å². The van der Waals surface area contributed by atoms with Gasteiger partial charge in [-0.05, 0) is 62.6 Å². The van der Waals surface area contributed by atoms with Gasteiger partial charge in [-0.15, -0.1) is 24.0 Å². The Morgan fingerprint density at radius 2 is 2.00 bits per heavy atom. The van der Waals surface area contributed by atoms with Gasteiger partial charge in [0.2, 0.25) is 0 Å². The molecule has 186 valence electrons. The van der Waals surface area contributed by atoms with Crippen LogP contribution in [-0.2, 0) is 10.2 Å². The Balaban J connectivity index is 0.00000306. The molecule has 0 aromatic heterocycles. The van der Waals surface area contributed by atoms with E-state index in [0.29, 0.717) is 6.04 Å². The van der Waals surface area contributed by atoms with Crippen LogP contribution in [0.15, 0.2) is 29.3 Å². The average molecular weight is 571 g/mol. The fourth-order valence-electron chi connectivity index (χ4n) is 5.64. The van der Waals surface area contributed by atoms with Crippen LogP contribution >= 0.6 is 24.0 Å². The summed E-state index contributed by atoms with van der Waals surface area (Å²) in [4.78, 5) is 7.74. The van der Waals surface area contributed by atoms with Crippen molar-refractivity contribution in [2.24, 2.45) is 10.9 Å². The second kappa shape index (κ2) is 13.1.